The van der Waals surface area contributed by atoms with Crippen LogP contribution in [0.4, 0.5) is 11.8 Å². The molecular weight excluding hydrogens is 314 g/mol. The van der Waals surface area contributed by atoms with Gasteiger partial charge >= 0.3 is 0 Å². The average Bonchev–Trinajstić information content (AvgIpc) is 2.62. The number of ether oxygens (including phenoxy) is 1. The Morgan fingerprint density at radius 3 is 2.64 bits per heavy atom. The van der Waals surface area contributed by atoms with Gasteiger partial charge in [0.15, 0.2) is 0 Å². The van der Waals surface area contributed by atoms with Crippen molar-refractivity contribution in [1.82, 2.24) is 14.9 Å². The van der Waals surface area contributed by atoms with Crippen molar-refractivity contribution >= 4 is 11.8 Å². The molecule has 134 valence electrons. The third-order valence-corrected chi connectivity index (χ3v) is 4.41. The number of nitrogens with zero attached hydrogens (tertiary/aromatic N) is 4. The minimum atomic E-state index is 0.719. The van der Waals surface area contributed by atoms with Gasteiger partial charge in [-0.05, 0) is 31.5 Å². The van der Waals surface area contributed by atoms with Crippen LogP contribution in [0.2, 0.25) is 0 Å². The molecule has 6 nitrogen and oxygen atoms in total. The molecule has 1 aliphatic heterocycles. The fourth-order valence-corrected chi connectivity index (χ4v) is 3.12. The number of benzene rings is 1. The van der Waals surface area contributed by atoms with E-state index in [0.717, 1.165) is 62.5 Å². The van der Waals surface area contributed by atoms with E-state index in [0.29, 0.717) is 0 Å². The Morgan fingerprint density at radius 1 is 1.12 bits per heavy atom. The van der Waals surface area contributed by atoms with E-state index in [1.54, 1.807) is 7.11 Å². The Balaban J connectivity index is 1.60. The van der Waals surface area contributed by atoms with Gasteiger partial charge < -0.3 is 15.0 Å². The molecule has 1 saturated heterocycles. The standard InChI is InChI=1S/C19H27N5O/c1-4-20-19-21-15(2)12-18(22-19)24-10-8-23(9-11-24)14-16-6-5-7-17(13-16)25-3/h5-7,12-13H,4,8-11,14H2,1-3H3,(H,20,21,22). The lowest BCUT2D eigenvalue weighted by Crippen LogP contribution is -2.46. The van der Waals surface area contributed by atoms with Gasteiger partial charge in [-0.2, -0.15) is 4.98 Å². The summed E-state index contributed by atoms with van der Waals surface area (Å²) in [6, 6.07) is 10.4. The first-order valence-electron chi connectivity index (χ1n) is 8.87. The van der Waals surface area contributed by atoms with Crippen LogP contribution in [-0.4, -0.2) is 54.7 Å². The number of hydrogen-bond donors (Lipinski definition) is 1. The Kier molecular flexibility index (Phi) is 5.71. The lowest BCUT2D eigenvalue weighted by molar-refractivity contribution is 0.249. The number of nitrogens with one attached hydrogen (secondary N) is 1. The molecular formula is C19H27N5O. The average molecular weight is 341 g/mol. The highest BCUT2D eigenvalue weighted by atomic mass is 16.5. The Labute approximate surface area is 149 Å². The molecule has 0 radical (unpaired) electrons. The highest BCUT2D eigenvalue weighted by Crippen LogP contribution is 2.19. The van der Waals surface area contributed by atoms with Gasteiger partial charge in [0.25, 0.3) is 0 Å². The highest BCUT2D eigenvalue weighted by Gasteiger charge is 2.19. The molecule has 25 heavy (non-hydrogen) atoms. The summed E-state index contributed by atoms with van der Waals surface area (Å²) >= 11 is 0. The Hall–Kier alpha value is -2.34. The molecule has 0 spiro atoms. The molecule has 0 aliphatic carbocycles. The number of piperazine rings is 1. The predicted molar refractivity (Wildman–Crippen MR) is 101 cm³/mol. The summed E-state index contributed by atoms with van der Waals surface area (Å²) in [7, 11) is 1.71. The molecule has 2 aromatic rings. The van der Waals surface area contributed by atoms with Crippen LogP contribution in [-0.2, 0) is 6.54 Å². The van der Waals surface area contributed by atoms with Gasteiger partial charge in [-0.1, -0.05) is 12.1 Å². The van der Waals surface area contributed by atoms with Gasteiger partial charge in [0, 0.05) is 51.0 Å². The predicted octanol–water partition coefficient (Wildman–Crippen LogP) is 2.55. The molecule has 2 heterocycles. The number of aromatic nitrogens is 2. The fourth-order valence-electron chi connectivity index (χ4n) is 3.12. The second-order valence-corrected chi connectivity index (χ2v) is 6.34. The van der Waals surface area contributed by atoms with Crippen LogP contribution in [0.1, 0.15) is 18.2 Å². The first-order valence-corrected chi connectivity index (χ1v) is 8.87. The maximum Gasteiger partial charge on any atom is 0.224 e. The van der Waals surface area contributed by atoms with E-state index in [2.05, 4.69) is 56.3 Å². The van der Waals surface area contributed by atoms with Gasteiger partial charge in [0.05, 0.1) is 7.11 Å². The third kappa shape index (κ3) is 4.60. The van der Waals surface area contributed by atoms with Gasteiger partial charge in [-0.25, -0.2) is 4.98 Å². The lowest BCUT2D eigenvalue weighted by Gasteiger charge is -2.35. The Morgan fingerprint density at radius 2 is 1.92 bits per heavy atom. The molecule has 0 atom stereocenters. The van der Waals surface area contributed by atoms with Crippen LogP contribution >= 0.6 is 0 Å². The van der Waals surface area contributed by atoms with E-state index in [4.69, 9.17) is 4.74 Å². The maximum absolute atomic E-state index is 5.31. The second-order valence-electron chi connectivity index (χ2n) is 6.34. The zero-order chi connectivity index (χ0) is 17.6. The third-order valence-electron chi connectivity index (χ3n) is 4.41. The molecule has 6 heteroatoms. The fraction of sp³-hybridized carbons (Fsp3) is 0.474. The number of anilines is 2. The van der Waals surface area contributed by atoms with Gasteiger partial charge in [-0.15, -0.1) is 0 Å². The monoisotopic (exact) mass is 341 g/mol. The van der Waals surface area contributed by atoms with E-state index >= 15 is 0 Å². The molecule has 1 N–H and O–H groups in total. The van der Waals surface area contributed by atoms with E-state index in [-0.39, 0.29) is 0 Å². The van der Waals surface area contributed by atoms with Crippen molar-refractivity contribution in [2.24, 2.45) is 0 Å². The number of rotatable bonds is 6. The van der Waals surface area contributed by atoms with E-state index < -0.39 is 0 Å². The van der Waals surface area contributed by atoms with Crippen molar-refractivity contribution in [3.8, 4) is 5.75 Å². The smallest absolute Gasteiger partial charge is 0.224 e. The Bertz CT molecular complexity index is 698. The van der Waals surface area contributed by atoms with E-state index in [1.807, 2.05) is 13.0 Å². The summed E-state index contributed by atoms with van der Waals surface area (Å²) in [5.41, 5.74) is 2.29. The number of methoxy groups -OCH3 is 1. The topological polar surface area (TPSA) is 53.5 Å². The first kappa shape index (κ1) is 17.5. The first-order chi connectivity index (χ1) is 12.2. The summed E-state index contributed by atoms with van der Waals surface area (Å²) in [4.78, 5) is 13.9. The normalized spacial score (nSPS) is 15.2. The molecule has 0 unspecified atom stereocenters. The second kappa shape index (κ2) is 8.16. The van der Waals surface area contributed by atoms with Gasteiger partial charge in [0.1, 0.15) is 11.6 Å². The van der Waals surface area contributed by atoms with Crippen LogP contribution in [0, 0.1) is 6.92 Å². The summed E-state index contributed by atoms with van der Waals surface area (Å²) < 4.78 is 5.31. The van der Waals surface area contributed by atoms with Crippen molar-refractivity contribution in [1.29, 1.82) is 0 Å². The zero-order valence-electron chi connectivity index (χ0n) is 15.3. The van der Waals surface area contributed by atoms with Crippen molar-refractivity contribution in [2.45, 2.75) is 20.4 Å². The van der Waals surface area contributed by atoms with Crippen LogP contribution in [0.25, 0.3) is 0 Å². The van der Waals surface area contributed by atoms with Crippen molar-refractivity contribution in [3.05, 3.63) is 41.6 Å². The minimum Gasteiger partial charge on any atom is -0.497 e. The van der Waals surface area contributed by atoms with E-state index in [1.165, 1.54) is 5.56 Å². The molecule has 1 aromatic heterocycles. The molecule has 1 aliphatic rings. The van der Waals surface area contributed by atoms with E-state index in [9.17, 15) is 0 Å². The number of hydrogen-bond acceptors (Lipinski definition) is 6. The zero-order valence-corrected chi connectivity index (χ0v) is 15.3. The van der Waals surface area contributed by atoms with Gasteiger partial charge in [0.2, 0.25) is 5.95 Å². The number of aryl methyl sites for hydroxylation is 1. The van der Waals surface area contributed by atoms with Crippen molar-refractivity contribution < 1.29 is 4.74 Å². The van der Waals surface area contributed by atoms with Gasteiger partial charge in [-0.3, -0.25) is 4.90 Å². The summed E-state index contributed by atoms with van der Waals surface area (Å²) in [6.45, 7) is 9.87. The molecule has 1 fully saturated rings. The summed E-state index contributed by atoms with van der Waals surface area (Å²) in [5.74, 6) is 2.66. The van der Waals surface area contributed by atoms with Crippen LogP contribution in [0.15, 0.2) is 30.3 Å². The minimum absolute atomic E-state index is 0.719. The molecule has 0 amide bonds. The molecule has 1 aromatic carbocycles. The summed E-state index contributed by atoms with van der Waals surface area (Å²) in [5, 5.41) is 3.21. The molecule has 0 bridgehead atoms. The van der Waals surface area contributed by atoms with Crippen LogP contribution < -0.4 is 15.0 Å². The lowest BCUT2D eigenvalue weighted by atomic mass is 10.2. The summed E-state index contributed by atoms with van der Waals surface area (Å²) in [6.07, 6.45) is 0. The van der Waals surface area contributed by atoms with Crippen LogP contribution in [0.5, 0.6) is 5.75 Å². The van der Waals surface area contributed by atoms with Crippen molar-refractivity contribution in [3.63, 3.8) is 0 Å². The van der Waals surface area contributed by atoms with Crippen molar-refractivity contribution in [2.75, 3.05) is 50.1 Å². The maximum atomic E-state index is 5.31. The quantitative estimate of drug-likeness (QED) is 0.871. The molecule has 3 rings (SSSR count). The van der Waals surface area contributed by atoms with Crippen LogP contribution in [0.3, 0.4) is 0 Å². The largest absolute Gasteiger partial charge is 0.497 e. The highest BCUT2D eigenvalue weighted by molar-refractivity contribution is 5.45. The SMILES string of the molecule is CCNc1nc(C)cc(N2CCN(Cc3cccc(OC)c3)CC2)n1. The molecule has 0 saturated carbocycles.